The average Bonchev–Trinajstić information content (AvgIpc) is 3.41. The first-order valence-corrected chi connectivity index (χ1v) is 10.9. The highest BCUT2D eigenvalue weighted by atomic mass is 32.1. The largest absolute Gasteiger partial charge is 0.377 e. The molecule has 1 unspecified atom stereocenters. The summed E-state index contributed by atoms with van der Waals surface area (Å²) in [4.78, 5) is 29.7. The van der Waals surface area contributed by atoms with Crippen LogP contribution in [0.2, 0.25) is 0 Å². The Morgan fingerprint density at radius 2 is 2.13 bits per heavy atom. The molecule has 1 aliphatic heterocycles. The van der Waals surface area contributed by atoms with Gasteiger partial charge in [0.2, 0.25) is 5.91 Å². The number of carbonyl (C=O) groups excluding carboxylic acids is 2. The predicted octanol–water partition coefficient (Wildman–Crippen LogP) is 3.22. The highest BCUT2D eigenvalue weighted by Crippen LogP contribution is 2.27. The van der Waals surface area contributed by atoms with Crippen LogP contribution >= 0.6 is 11.3 Å². The van der Waals surface area contributed by atoms with E-state index in [1.165, 1.54) is 18.4 Å². The third-order valence-electron chi connectivity index (χ3n) is 4.95. The molecule has 0 radical (unpaired) electrons. The van der Waals surface area contributed by atoms with E-state index >= 15 is 0 Å². The van der Waals surface area contributed by atoms with Gasteiger partial charge in [-0.15, -0.1) is 11.3 Å². The molecule has 0 spiro atoms. The number of ether oxygens (including phenoxy) is 2. The van der Waals surface area contributed by atoms with E-state index in [0.717, 1.165) is 30.7 Å². The highest BCUT2D eigenvalue weighted by Gasteiger charge is 2.25. The fourth-order valence-electron chi connectivity index (χ4n) is 3.57. The number of rotatable bonds is 9. The molecule has 1 aliphatic rings. The van der Waals surface area contributed by atoms with E-state index in [1.54, 1.807) is 0 Å². The van der Waals surface area contributed by atoms with Crippen molar-refractivity contribution < 1.29 is 19.1 Å². The Labute approximate surface area is 181 Å². The minimum Gasteiger partial charge on any atom is -0.377 e. The molecule has 3 rings (SSSR count). The van der Waals surface area contributed by atoms with E-state index in [-0.39, 0.29) is 24.5 Å². The first kappa shape index (κ1) is 22.3. The highest BCUT2D eigenvalue weighted by molar-refractivity contribution is 7.12. The Balaban J connectivity index is 1.86. The molecule has 7 nitrogen and oxygen atoms in total. The Bertz CT molecular complexity index is 848. The van der Waals surface area contributed by atoms with Gasteiger partial charge in [-0.3, -0.25) is 9.59 Å². The lowest BCUT2D eigenvalue weighted by atomic mass is 10.1. The zero-order valence-corrected chi connectivity index (χ0v) is 18.5. The third kappa shape index (κ3) is 5.81. The lowest BCUT2D eigenvalue weighted by Crippen LogP contribution is -2.37. The van der Waals surface area contributed by atoms with Crippen molar-refractivity contribution in [2.24, 2.45) is 0 Å². The molecule has 8 heteroatoms. The van der Waals surface area contributed by atoms with Crippen LogP contribution < -0.4 is 10.2 Å². The van der Waals surface area contributed by atoms with Crippen LogP contribution in [0.25, 0.3) is 0 Å². The molecule has 1 fully saturated rings. The van der Waals surface area contributed by atoms with Gasteiger partial charge in [0, 0.05) is 52.3 Å². The second-order valence-electron chi connectivity index (χ2n) is 7.52. The normalized spacial score (nSPS) is 15.8. The molecule has 1 N–H and O–H groups in total. The molecule has 0 saturated carbocycles. The topological polar surface area (TPSA) is 71.1 Å². The number of anilines is 2. The molecule has 2 aromatic rings. The van der Waals surface area contributed by atoms with Gasteiger partial charge in [0.15, 0.2) is 0 Å². The average molecular weight is 432 g/mol. The molecule has 162 valence electrons. The van der Waals surface area contributed by atoms with Crippen LogP contribution in [0.5, 0.6) is 0 Å². The standard InChI is InChI=1S/C22H29N3O4S/c1-24(2)19-9-8-17(23-21(26)15-28-3)12-16(19)13-25(14-18-6-4-10-29-18)22(27)20-7-5-11-30-20/h5,7-9,11-12,18H,4,6,10,13-15H2,1-3H3,(H,23,26). The molecule has 1 aromatic heterocycles. The van der Waals surface area contributed by atoms with Gasteiger partial charge in [0.1, 0.15) is 6.61 Å². The van der Waals surface area contributed by atoms with E-state index in [0.29, 0.717) is 23.7 Å². The molecule has 2 amide bonds. The number of carbonyl (C=O) groups is 2. The van der Waals surface area contributed by atoms with Crippen LogP contribution in [0.4, 0.5) is 11.4 Å². The maximum Gasteiger partial charge on any atom is 0.264 e. The van der Waals surface area contributed by atoms with Gasteiger partial charge in [-0.05, 0) is 48.1 Å². The van der Waals surface area contributed by atoms with Crippen LogP contribution in [0.3, 0.4) is 0 Å². The van der Waals surface area contributed by atoms with Gasteiger partial charge < -0.3 is 24.6 Å². The maximum atomic E-state index is 13.2. The summed E-state index contributed by atoms with van der Waals surface area (Å²) in [5.41, 5.74) is 2.63. The lowest BCUT2D eigenvalue weighted by Gasteiger charge is -2.28. The Kier molecular flexibility index (Phi) is 7.84. The minimum absolute atomic E-state index is 0.000900. The van der Waals surface area contributed by atoms with Crippen molar-refractivity contribution in [3.8, 4) is 0 Å². The Morgan fingerprint density at radius 3 is 2.77 bits per heavy atom. The molecule has 1 aromatic carbocycles. The van der Waals surface area contributed by atoms with Crippen LogP contribution in [0.15, 0.2) is 35.7 Å². The minimum atomic E-state index is -0.216. The summed E-state index contributed by atoms with van der Waals surface area (Å²) in [7, 11) is 5.42. The number of nitrogens with one attached hydrogen (secondary N) is 1. The third-order valence-corrected chi connectivity index (χ3v) is 5.81. The fraction of sp³-hybridized carbons (Fsp3) is 0.455. The second kappa shape index (κ2) is 10.6. The van der Waals surface area contributed by atoms with Gasteiger partial charge in [0.25, 0.3) is 5.91 Å². The van der Waals surface area contributed by atoms with Gasteiger partial charge in [0.05, 0.1) is 11.0 Å². The van der Waals surface area contributed by atoms with Crippen molar-refractivity contribution in [1.29, 1.82) is 0 Å². The zero-order chi connectivity index (χ0) is 21.5. The maximum absolute atomic E-state index is 13.2. The first-order chi connectivity index (χ1) is 14.5. The molecule has 0 bridgehead atoms. The van der Waals surface area contributed by atoms with E-state index < -0.39 is 0 Å². The van der Waals surface area contributed by atoms with E-state index in [2.05, 4.69) is 5.32 Å². The number of amides is 2. The fourth-order valence-corrected chi connectivity index (χ4v) is 4.26. The number of methoxy groups -OCH3 is 1. The van der Waals surface area contributed by atoms with E-state index in [1.807, 2.05) is 59.6 Å². The molecular formula is C22H29N3O4S. The summed E-state index contributed by atoms with van der Waals surface area (Å²) in [6.45, 7) is 1.71. The van der Waals surface area contributed by atoms with Crippen LogP contribution in [-0.2, 0) is 20.8 Å². The van der Waals surface area contributed by atoms with Crippen LogP contribution in [0.1, 0.15) is 28.1 Å². The smallest absolute Gasteiger partial charge is 0.264 e. The summed E-state index contributed by atoms with van der Waals surface area (Å²) in [6, 6.07) is 9.48. The van der Waals surface area contributed by atoms with Crippen molar-refractivity contribution in [3.05, 3.63) is 46.2 Å². The summed E-state index contributed by atoms with van der Waals surface area (Å²) < 4.78 is 10.7. The monoisotopic (exact) mass is 431 g/mol. The molecule has 30 heavy (non-hydrogen) atoms. The molecule has 0 aliphatic carbocycles. The van der Waals surface area contributed by atoms with Crippen molar-refractivity contribution >= 4 is 34.5 Å². The van der Waals surface area contributed by atoms with Crippen LogP contribution in [0, 0.1) is 0 Å². The quantitative estimate of drug-likeness (QED) is 0.660. The summed E-state index contributed by atoms with van der Waals surface area (Å²) in [5.74, 6) is -0.217. The first-order valence-electron chi connectivity index (χ1n) is 10.0. The summed E-state index contributed by atoms with van der Waals surface area (Å²) in [6.07, 6.45) is 2.04. The molecular weight excluding hydrogens is 402 g/mol. The predicted molar refractivity (Wildman–Crippen MR) is 119 cm³/mol. The molecule has 2 heterocycles. The number of benzene rings is 1. The van der Waals surface area contributed by atoms with Crippen molar-refractivity contribution in [2.45, 2.75) is 25.5 Å². The van der Waals surface area contributed by atoms with Crippen molar-refractivity contribution in [2.75, 3.05) is 51.2 Å². The number of nitrogens with zero attached hydrogens (tertiary/aromatic N) is 2. The van der Waals surface area contributed by atoms with Gasteiger partial charge in [-0.25, -0.2) is 0 Å². The van der Waals surface area contributed by atoms with Crippen molar-refractivity contribution in [3.63, 3.8) is 0 Å². The van der Waals surface area contributed by atoms with Crippen molar-refractivity contribution in [1.82, 2.24) is 4.90 Å². The number of hydrogen-bond acceptors (Lipinski definition) is 6. The Morgan fingerprint density at radius 1 is 1.30 bits per heavy atom. The summed E-state index contributed by atoms with van der Waals surface area (Å²) >= 11 is 1.44. The number of thiophene rings is 1. The second-order valence-corrected chi connectivity index (χ2v) is 8.46. The van der Waals surface area contributed by atoms with Gasteiger partial charge >= 0.3 is 0 Å². The zero-order valence-electron chi connectivity index (χ0n) is 17.7. The Hall–Kier alpha value is -2.42. The molecule has 1 saturated heterocycles. The van der Waals surface area contributed by atoms with E-state index in [9.17, 15) is 9.59 Å². The van der Waals surface area contributed by atoms with E-state index in [4.69, 9.17) is 9.47 Å². The number of hydrogen-bond donors (Lipinski definition) is 1. The molecule has 1 atom stereocenters. The van der Waals surface area contributed by atoms with Gasteiger partial charge in [-0.2, -0.15) is 0 Å². The lowest BCUT2D eigenvalue weighted by molar-refractivity contribution is -0.119. The van der Waals surface area contributed by atoms with Crippen LogP contribution in [-0.4, -0.2) is 63.8 Å². The SMILES string of the molecule is COCC(=O)Nc1ccc(N(C)C)c(CN(CC2CCCO2)C(=O)c2cccs2)c1. The van der Waals surface area contributed by atoms with Gasteiger partial charge in [-0.1, -0.05) is 6.07 Å². The summed E-state index contributed by atoms with van der Waals surface area (Å²) in [5, 5.41) is 4.76.